The Balaban J connectivity index is 1.68. The maximum atomic E-state index is 12.5. The average Bonchev–Trinajstić information content (AvgIpc) is 3.08. The first kappa shape index (κ1) is 23.9. The predicted octanol–water partition coefficient (Wildman–Crippen LogP) is 2.49. The first-order valence-corrected chi connectivity index (χ1v) is 12.4. The normalized spacial score (nSPS) is 15.5. The van der Waals surface area contributed by atoms with Crippen molar-refractivity contribution in [1.29, 1.82) is 0 Å². The minimum atomic E-state index is -3.88. The molecule has 1 amide bonds. The maximum absolute atomic E-state index is 12.5. The zero-order valence-corrected chi connectivity index (χ0v) is 19.3. The summed E-state index contributed by atoms with van der Waals surface area (Å²) >= 11 is 1.34. The molecule has 11 heteroatoms. The van der Waals surface area contributed by atoms with Gasteiger partial charge in [-0.05, 0) is 61.9 Å². The van der Waals surface area contributed by atoms with Crippen LogP contribution < -0.4 is 10.5 Å². The van der Waals surface area contributed by atoms with Crippen LogP contribution >= 0.6 is 11.3 Å². The second-order valence-electron chi connectivity index (χ2n) is 7.47. The summed E-state index contributed by atoms with van der Waals surface area (Å²) in [5.41, 5.74) is 1.35. The van der Waals surface area contributed by atoms with Crippen molar-refractivity contribution < 1.29 is 32.3 Å². The number of carbonyl (C=O) groups excluding carboxylic acids is 3. The molecule has 1 heterocycles. The number of thiophene rings is 1. The van der Waals surface area contributed by atoms with E-state index in [4.69, 9.17) is 14.6 Å². The molecule has 0 saturated heterocycles. The van der Waals surface area contributed by atoms with E-state index in [1.54, 1.807) is 6.92 Å². The second kappa shape index (κ2) is 9.80. The van der Waals surface area contributed by atoms with Crippen molar-refractivity contribution in [3.63, 3.8) is 0 Å². The van der Waals surface area contributed by atoms with Crippen LogP contribution in [0.3, 0.4) is 0 Å². The lowest BCUT2D eigenvalue weighted by Gasteiger charge is -2.18. The third kappa shape index (κ3) is 5.53. The number of anilines is 1. The minimum absolute atomic E-state index is 0.0676. The third-order valence-electron chi connectivity index (χ3n) is 5.00. The quantitative estimate of drug-likeness (QED) is 0.580. The van der Waals surface area contributed by atoms with Gasteiger partial charge in [-0.25, -0.2) is 23.1 Å². The highest BCUT2D eigenvalue weighted by atomic mass is 32.2. The van der Waals surface area contributed by atoms with Gasteiger partial charge in [-0.2, -0.15) is 0 Å². The lowest BCUT2D eigenvalue weighted by atomic mass is 9.88. The Morgan fingerprint density at radius 2 is 1.84 bits per heavy atom. The summed E-state index contributed by atoms with van der Waals surface area (Å²) in [4.78, 5) is 38.0. The number of fused-ring (bicyclic) bond motifs is 1. The smallest absolute Gasteiger partial charge is 0.341 e. The minimum Gasteiger partial charge on any atom is -0.462 e. The number of carbonyl (C=O) groups is 3. The number of esters is 2. The molecule has 9 nitrogen and oxygen atoms in total. The molecule has 0 radical (unpaired) electrons. The van der Waals surface area contributed by atoms with Crippen molar-refractivity contribution in [3.8, 4) is 0 Å². The molecule has 0 aliphatic heterocycles. The number of benzene rings is 1. The zero-order chi connectivity index (χ0) is 23.5. The van der Waals surface area contributed by atoms with E-state index in [-0.39, 0.29) is 17.1 Å². The summed E-state index contributed by atoms with van der Waals surface area (Å²) in [7, 11) is -3.88. The molecule has 0 fully saturated rings. The summed E-state index contributed by atoms with van der Waals surface area (Å²) in [6.45, 7) is 3.50. The number of ether oxygens (including phenoxy) is 2. The van der Waals surface area contributed by atoms with E-state index in [9.17, 15) is 22.8 Å². The van der Waals surface area contributed by atoms with Crippen LogP contribution in [-0.4, -0.2) is 39.5 Å². The van der Waals surface area contributed by atoms with E-state index in [2.05, 4.69) is 12.2 Å². The molecule has 1 aliphatic carbocycles. The van der Waals surface area contributed by atoms with Gasteiger partial charge in [0.25, 0.3) is 5.91 Å². The SMILES string of the molecule is CCOC(=O)c1c(NC(=O)COC(=O)c2ccc(S(N)(=O)=O)cc2)sc2c1CCC(C)C2. The van der Waals surface area contributed by atoms with Crippen LogP contribution in [-0.2, 0) is 37.1 Å². The molecule has 172 valence electrons. The van der Waals surface area contributed by atoms with Crippen molar-refractivity contribution in [1.82, 2.24) is 0 Å². The number of nitrogens with two attached hydrogens (primary N) is 1. The van der Waals surface area contributed by atoms with E-state index in [0.717, 1.165) is 29.7 Å². The van der Waals surface area contributed by atoms with E-state index < -0.39 is 34.5 Å². The molecule has 2 aromatic rings. The number of primary sulfonamides is 1. The Bertz CT molecular complexity index is 1140. The molecule has 0 bridgehead atoms. The predicted molar refractivity (Wildman–Crippen MR) is 118 cm³/mol. The molecule has 1 aliphatic rings. The summed E-state index contributed by atoms with van der Waals surface area (Å²) in [5.74, 6) is -1.40. The third-order valence-corrected chi connectivity index (χ3v) is 7.10. The fraction of sp³-hybridized carbons (Fsp3) is 0.381. The number of amides is 1. The summed E-state index contributed by atoms with van der Waals surface area (Å²) in [6.07, 6.45) is 2.51. The average molecular weight is 481 g/mol. The highest BCUT2D eigenvalue weighted by Crippen LogP contribution is 2.40. The largest absolute Gasteiger partial charge is 0.462 e. The van der Waals surface area contributed by atoms with Crippen LogP contribution in [0.1, 0.15) is 51.4 Å². The maximum Gasteiger partial charge on any atom is 0.341 e. The molecule has 3 N–H and O–H groups in total. The highest BCUT2D eigenvalue weighted by molar-refractivity contribution is 7.89. The van der Waals surface area contributed by atoms with Crippen LogP contribution in [0, 0.1) is 5.92 Å². The van der Waals surface area contributed by atoms with Crippen molar-refractivity contribution in [3.05, 3.63) is 45.8 Å². The van der Waals surface area contributed by atoms with E-state index in [0.29, 0.717) is 16.5 Å². The number of rotatable bonds is 7. The zero-order valence-electron chi connectivity index (χ0n) is 17.7. The van der Waals surface area contributed by atoms with Gasteiger partial charge >= 0.3 is 11.9 Å². The first-order chi connectivity index (χ1) is 15.1. The van der Waals surface area contributed by atoms with Gasteiger partial charge in [-0.15, -0.1) is 11.3 Å². The topological polar surface area (TPSA) is 142 Å². The van der Waals surface area contributed by atoms with Gasteiger partial charge in [-0.1, -0.05) is 6.92 Å². The molecular formula is C21H24N2O7S2. The van der Waals surface area contributed by atoms with Crippen molar-refractivity contribution in [2.24, 2.45) is 11.1 Å². The van der Waals surface area contributed by atoms with Crippen LogP contribution in [0.4, 0.5) is 5.00 Å². The first-order valence-electron chi connectivity index (χ1n) is 10.0. The highest BCUT2D eigenvalue weighted by Gasteiger charge is 2.29. The van der Waals surface area contributed by atoms with E-state index >= 15 is 0 Å². The van der Waals surface area contributed by atoms with Gasteiger partial charge in [0, 0.05) is 4.88 Å². The van der Waals surface area contributed by atoms with Gasteiger partial charge in [0.2, 0.25) is 10.0 Å². The Labute approximate surface area is 189 Å². The van der Waals surface area contributed by atoms with Crippen LogP contribution in [0.25, 0.3) is 0 Å². The lowest BCUT2D eigenvalue weighted by molar-refractivity contribution is -0.119. The summed E-state index contributed by atoms with van der Waals surface area (Å²) < 4.78 is 32.8. The summed E-state index contributed by atoms with van der Waals surface area (Å²) in [6, 6.07) is 4.84. The number of hydrogen-bond acceptors (Lipinski definition) is 8. The molecule has 1 atom stereocenters. The van der Waals surface area contributed by atoms with Crippen molar-refractivity contribution in [2.45, 2.75) is 38.0 Å². The Hall–Kier alpha value is -2.76. The lowest BCUT2D eigenvalue weighted by Crippen LogP contribution is -2.22. The van der Waals surface area contributed by atoms with Crippen LogP contribution in [0.15, 0.2) is 29.2 Å². The van der Waals surface area contributed by atoms with Crippen molar-refractivity contribution in [2.75, 3.05) is 18.5 Å². The van der Waals surface area contributed by atoms with Gasteiger partial charge in [0.1, 0.15) is 5.00 Å². The molecule has 1 aromatic carbocycles. The monoisotopic (exact) mass is 480 g/mol. The molecule has 1 aromatic heterocycles. The van der Waals surface area contributed by atoms with E-state index in [1.165, 1.54) is 35.6 Å². The summed E-state index contributed by atoms with van der Waals surface area (Å²) in [5, 5.41) is 8.08. The Morgan fingerprint density at radius 1 is 1.16 bits per heavy atom. The van der Waals surface area contributed by atoms with Gasteiger partial charge in [-0.3, -0.25) is 4.79 Å². The number of sulfonamides is 1. The standard InChI is InChI=1S/C21H24N2O7S2/c1-3-29-21(26)18-15-9-4-12(2)10-16(15)31-19(18)23-17(24)11-30-20(25)13-5-7-14(8-6-13)32(22,27)28/h5-8,12H,3-4,9-11H2,1-2H3,(H,23,24)(H2,22,27,28). The van der Waals surface area contributed by atoms with Gasteiger partial charge < -0.3 is 14.8 Å². The second-order valence-corrected chi connectivity index (χ2v) is 10.1. The molecule has 3 rings (SSSR count). The molecular weight excluding hydrogens is 456 g/mol. The molecule has 32 heavy (non-hydrogen) atoms. The number of nitrogens with one attached hydrogen (secondary N) is 1. The Morgan fingerprint density at radius 3 is 2.47 bits per heavy atom. The fourth-order valence-corrected chi connectivity index (χ4v) is 5.35. The van der Waals surface area contributed by atoms with E-state index in [1.807, 2.05) is 0 Å². The van der Waals surface area contributed by atoms with Gasteiger partial charge in [0.05, 0.1) is 22.6 Å². The number of hydrogen-bond donors (Lipinski definition) is 2. The molecule has 0 spiro atoms. The van der Waals surface area contributed by atoms with Crippen molar-refractivity contribution >= 4 is 44.2 Å². The Kier molecular flexibility index (Phi) is 7.32. The fourth-order valence-electron chi connectivity index (χ4n) is 3.42. The van der Waals surface area contributed by atoms with Crippen LogP contribution in [0.2, 0.25) is 0 Å². The molecule has 1 unspecified atom stereocenters. The van der Waals surface area contributed by atoms with Gasteiger partial charge in [0.15, 0.2) is 6.61 Å². The molecule has 0 saturated carbocycles. The van der Waals surface area contributed by atoms with Crippen LogP contribution in [0.5, 0.6) is 0 Å².